The first kappa shape index (κ1) is 15.4. The molecule has 6 nitrogen and oxygen atoms in total. The van der Waals surface area contributed by atoms with Gasteiger partial charge >= 0.3 is 0 Å². The Morgan fingerprint density at radius 2 is 2.30 bits per heavy atom. The lowest BCUT2D eigenvalue weighted by Crippen LogP contribution is -2.51. The number of pyridine rings is 1. The van der Waals surface area contributed by atoms with Crippen LogP contribution in [0.3, 0.4) is 0 Å². The van der Waals surface area contributed by atoms with Crippen molar-refractivity contribution in [3.63, 3.8) is 0 Å². The number of hydrogen-bond acceptors (Lipinski definition) is 4. The number of rotatable bonds is 5. The van der Waals surface area contributed by atoms with Crippen LogP contribution in [-0.4, -0.2) is 36.8 Å². The van der Waals surface area contributed by atoms with Crippen LogP contribution in [0.25, 0.3) is 0 Å². The van der Waals surface area contributed by atoms with Crippen molar-refractivity contribution in [2.24, 2.45) is 5.73 Å². The van der Waals surface area contributed by atoms with Crippen LogP contribution in [0.1, 0.15) is 30.5 Å². The summed E-state index contributed by atoms with van der Waals surface area (Å²) in [6, 6.07) is 3.66. The standard InChI is InChI=1S/C13H22N4O2S/c1-11-5-4-7-15-13(11)10-16-20(18,19)17-8-3-2-6-12(17)9-14/h4-5,7,12,16H,2-3,6,8-10,14H2,1H3. The Labute approximate surface area is 120 Å². The highest BCUT2D eigenvalue weighted by atomic mass is 32.2. The Morgan fingerprint density at radius 1 is 1.50 bits per heavy atom. The fourth-order valence-corrected chi connectivity index (χ4v) is 3.91. The summed E-state index contributed by atoms with van der Waals surface area (Å²) in [5.41, 5.74) is 7.40. The van der Waals surface area contributed by atoms with Gasteiger partial charge in [-0.25, -0.2) is 0 Å². The van der Waals surface area contributed by atoms with Crippen molar-refractivity contribution < 1.29 is 8.42 Å². The average molecular weight is 298 g/mol. The van der Waals surface area contributed by atoms with Gasteiger partial charge in [-0.2, -0.15) is 17.4 Å². The van der Waals surface area contributed by atoms with Crippen molar-refractivity contribution in [2.75, 3.05) is 13.1 Å². The van der Waals surface area contributed by atoms with Crippen LogP contribution in [0.4, 0.5) is 0 Å². The minimum absolute atomic E-state index is 0.0916. The molecule has 0 radical (unpaired) electrons. The SMILES string of the molecule is Cc1cccnc1CNS(=O)(=O)N1CCCCC1CN. The van der Waals surface area contributed by atoms with Crippen LogP contribution >= 0.6 is 0 Å². The normalized spacial score (nSPS) is 21.0. The lowest BCUT2D eigenvalue weighted by molar-refractivity contribution is 0.254. The molecule has 1 fully saturated rings. The molecule has 3 N–H and O–H groups in total. The van der Waals surface area contributed by atoms with E-state index in [0.29, 0.717) is 13.1 Å². The third-order valence-electron chi connectivity index (χ3n) is 3.69. The van der Waals surface area contributed by atoms with Gasteiger partial charge in [-0.05, 0) is 31.4 Å². The van der Waals surface area contributed by atoms with E-state index < -0.39 is 10.2 Å². The largest absolute Gasteiger partial charge is 0.329 e. The van der Waals surface area contributed by atoms with Gasteiger partial charge in [0.1, 0.15) is 0 Å². The van der Waals surface area contributed by atoms with Crippen LogP contribution < -0.4 is 10.5 Å². The Balaban J connectivity index is 2.05. The zero-order chi connectivity index (χ0) is 14.6. The first-order valence-electron chi connectivity index (χ1n) is 6.91. The summed E-state index contributed by atoms with van der Waals surface area (Å²) in [7, 11) is -3.50. The Hall–Kier alpha value is -1.02. The Morgan fingerprint density at radius 3 is 3.00 bits per heavy atom. The highest BCUT2D eigenvalue weighted by Crippen LogP contribution is 2.19. The molecular formula is C13H22N4O2S. The van der Waals surface area contributed by atoms with Crippen LogP contribution in [0.5, 0.6) is 0 Å². The van der Waals surface area contributed by atoms with Crippen molar-refractivity contribution in [1.82, 2.24) is 14.0 Å². The molecule has 1 aliphatic heterocycles. The topological polar surface area (TPSA) is 88.3 Å². The number of aromatic nitrogens is 1. The summed E-state index contributed by atoms with van der Waals surface area (Å²) in [5, 5.41) is 0. The second-order valence-electron chi connectivity index (χ2n) is 5.09. The van der Waals surface area contributed by atoms with Gasteiger partial charge in [-0.1, -0.05) is 12.5 Å². The lowest BCUT2D eigenvalue weighted by atomic mass is 10.1. The van der Waals surface area contributed by atoms with E-state index >= 15 is 0 Å². The van der Waals surface area contributed by atoms with Gasteiger partial charge in [0.05, 0.1) is 12.2 Å². The Kier molecular flexibility index (Phi) is 5.09. The van der Waals surface area contributed by atoms with Crippen LogP contribution in [0, 0.1) is 6.92 Å². The van der Waals surface area contributed by atoms with E-state index in [-0.39, 0.29) is 12.6 Å². The summed E-state index contributed by atoms with van der Waals surface area (Å²) >= 11 is 0. The fourth-order valence-electron chi connectivity index (χ4n) is 2.47. The van der Waals surface area contributed by atoms with Crippen molar-refractivity contribution in [3.05, 3.63) is 29.6 Å². The van der Waals surface area contributed by atoms with Gasteiger partial charge in [0.2, 0.25) is 0 Å². The van der Waals surface area contributed by atoms with Crippen molar-refractivity contribution >= 4 is 10.2 Å². The molecule has 0 saturated carbocycles. The van der Waals surface area contributed by atoms with Gasteiger partial charge < -0.3 is 5.73 Å². The second kappa shape index (κ2) is 6.62. The molecule has 0 bridgehead atoms. The lowest BCUT2D eigenvalue weighted by Gasteiger charge is -2.33. The molecule has 1 atom stereocenters. The number of piperidine rings is 1. The molecule has 7 heteroatoms. The highest BCUT2D eigenvalue weighted by Gasteiger charge is 2.31. The first-order valence-corrected chi connectivity index (χ1v) is 8.35. The van der Waals surface area contributed by atoms with E-state index in [1.165, 1.54) is 4.31 Å². The van der Waals surface area contributed by atoms with E-state index in [0.717, 1.165) is 30.5 Å². The smallest absolute Gasteiger partial charge is 0.280 e. The maximum Gasteiger partial charge on any atom is 0.280 e. The van der Waals surface area contributed by atoms with Crippen LogP contribution in [0.2, 0.25) is 0 Å². The molecule has 1 aliphatic rings. The molecular weight excluding hydrogens is 276 g/mol. The molecule has 2 heterocycles. The maximum atomic E-state index is 12.4. The highest BCUT2D eigenvalue weighted by molar-refractivity contribution is 7.87. The molecule has 20 heavy (non-hydrogen) atoms. The average Bonchev–Trinajstić information content (AvgIpc) is 2.46. The molecule has 2 rings (SSSR count). The summed E-state index contributed by atoms with van der Waals surface area (Å²) in [6.07, 6.45) is 4.42. The third kappa shape index (κ3) is 3.54. The number of hydrogen-bond donors (Lipinski definition) is 2. The second-order valence-corrected chi connectivity index (χ2v) is 6.80. The number of nitrogens with zero attached hydrogens (tertiary/aromatic N) is 2. The predicted molar refractivity (Wildman–Crippen MR) is 78.1 cm³/mol. The van der Waals surface area contributed by atoms with E-state index in [9.17, 15) is 8.42 Å². The fraction of sp³-hybridized carbons (Fsp3) is 0.615. The first-order chi connectivity index (χ1) is 9.54. The molecule has 0 amide bonds. The zero-order valence-electron chi connectivity index (χ0n) is 11.7. The molecule has 112 valence electrons. The van der Waals surface area contributed by atoms with E-state index in [4.69, 9.17) is 5.73 Å². The number of nitrogens with one attached hydrogen (secondary N) is 1. The predicted octanol–water partition coefficient (Wildman–Crippen LogP) is 0.538. The van der Waals surface area contributed by atoms with Gasteiger partial charge in [0.25, 0.3) is 10.2 Å². The molecule has 1 aromatic heterocycles. The summed E-state index contributed by atoms with van der Waals surface area (Å²) in [6.45, 7) is 3.03. The van der Waals surface area contributed by atoms with Crippen molar-refractivity contribution in [2.45, 2.75) is 38.8 Å². The molecule has 1 aromatic rings. The minimum atomic E-state index is -3.50. The van der Waals surface area contributed by atoms with E-state index in [1.807, 2.05) is 19.1 Å². The summed E-state index contributed by atoms with van der Waals surface area (Å²) in [4.78, 5) is 4.20. The molecule has 0 spiro atoms. The van der Waals surface area contributed by atoms with Gasteiger partial charge in [-0.3, -0.25) is 4.98 Å². The zero-order valence-corrected chi connectivity index (χ0v) is 12.6. The number of aryl methyl sites for hydroxylation is 1. The molecule has 0 aromatic carbocycles. The minimum Gasteiger partial charge on any atom is -0.329 e. The molecule has 1 saturated heterocycles. The third-order valence-corrected chi connectivity index (χ3v) is 5.30. The van der Waals surface area contributed by atoms with E-state index in [1.54, 1.807) is 6.20 Å². The van der Waals surface area contributed by atoms with Gasteiger partial charge in [0, 0.05) is 25.3 Å². The van der Waals surface area contributed by atoms with E-state index in [2.05, 4.69) is 9.71 Å². The van der Waals surface area contributed by atoms with Crippen molar-refractivity contribution in [1.29, 1.82) is 0 Å². The molecule has 0 aliphatic carbocycles. The summed E-state index contributed by atoms with van der Waals surface area (Å²) < 4.78 is 28.9. The van der Waals surface area contributed by atoms with Gasteiger partial charge in [0.15, 0.2) is 0 Å². The number of nitrogens with two attached hydrogens (primary N) is 1. The Bertz CT molecular complexity index is 547. The monoisotopic (exact) mass is 298 g/mol. The van der Waals surface area contributed by atoms with Crippen LogP contribution in [-0.2, 0) is 16.8 Å². The van der Waals surface area contributed by atoms with Gasteiger partial charge in [-0.15, -0.1) is 0 Å². The molecule has 1 unspecified atom stereocenters. The van der Waals surface area contributed by atoms with Crippen molar-refractivity contribution in [3.8, 4) is 0 Å². The quantitative estimate of drug-likeness (QED) is 0.830. The summed E-state index contributed by atoms with van der Waals surface area (Å²) in [5.74, 6) is 0. The maximum absolute atomic E-state index is 12.4. The van der Waals surface area contributed by atoms with Crippen LogP contribution in [0.15, 0.2) is 18.3 Å².